The first-order valence-electron chi connectivity index (χ1n) is 12.8. The highest BCUT2D eigenvalue weighted by Gasteiger charge is 2.33. The van der Waals surface area contributed by atoms with E-state index in [0.717, 1.165) is 58.7 Å². The maximum absolute atomic E-state index is 13.9. The van der Waals surface area contributed by atoms with Gasteiger partial charge < -0.3 is 4.90 Å². The third-order valence-corrected chi connectivity index (χ3v) is 8.72. The number of fused-ring (bicyclic) bond motifs is 3. The molecule has 1 aromatic heterocycles. The highest BCUT2D eigenvalue weighted by molar-refractivity contribution is 7.07. The predicted molar refractivity (Wildman–Crippen MR) is 154 cm³/mol. The Morgan fingerprint density at radius 1 is 1.00 bits per heavy atom. The zero-order valence-corrected chi connectivity index (χ0v) is 22.5. The third kappa shape index (κ3) is 4.16. The minimum Gasteiger partial charge on any atom is -0.372 e. The molecule has 1 aliphatic carbocycles. The van der Waals surface area contributed by atoms with E-state index in [4.69, 9.17) is 16.6 Å². The Morgan fingerprint density at radius 3 is 2.49 bits per heavy atom. The second kappa shape index (κ2) is 9.81. The summed E-state index contributed by atoms with van der Waals surface area (Å²) < 4.78 is 2.54. The molecule has 1 aliphatic heterocycles. The molecule has 0 saturated heterocycles. The molecule has 37 heavy (non-hydrogen) atoms. The predicted octanol–water partition coefficient (Wildman–Crippen LogP) is 5.82. The lowest BCUT2D eigenvalue weighted by molar-refractivity contribution is 0.585. The van der Waals surface area contributed by atoms with E-state index in [-0.39, 0.29) is 11.6 Å². The summed E-state index contributed by atoms with van der Waals surface area (Å²) in [6.07, 6.45) is 3.76. The molecule has 0 N–H and O–H groups in total. The molecule has 6 rings (SSSR count). The molecular weight excluding hydrogens is 498 g/mol. The average Bonchev–Trinajstić information content (AvgIpc) is 3.24. The van der Waals surface area contributed by atoms with E-state index in [0.29, 0.717) is 9.55 Å². The molecule has 0 bridgehead atoms. The summed E-state index contributed by atoms with van der Waals surface area (Å²) in [6, 6.07) is 24.5. The van der Waals surface area contributed by atoms with Crippen LogP contribution in [0.4, 0.5) is 5.69 Å². The topological polar surface area (TPSA) is 37.6 Å². The molecule has 0 spiro atoms. The maximum atomic E-state index is 13.9. The van der Waals surface area contributed by atoms with E-state index in [1.807, 2.05) is 34.9 Å². The lowest BCUT2D eigenvalue weighted by Crippen LogP contribution is -2.38. The second-order valence-electron chi connectivity index (χ2n) is 9.40. The van der Waals surface area contributed by atoms with E-state index in [1.165, 1.54) is 22.6 Å². The van der Waals surface area contributed by atoms with E-state index < -0.39 is 0 Å². The monoisotopic (exact) mass is 525 g/mol. The van der Waals surface area contributed by atoms with Crippen molar-refractivity contribution in [2.75, 3.05) is 18.0 Å². The van der Waals surface area contributed by atoms with Crippen LogP contribution in [0.1, 0.15) is 48.6 Å². The quantitative estimate of drug-likeness (QED) is 0.329. The number of anilines is 1. The van der Waals surface area contributed by atoms with Gasteiger partial charge in [0.2, 0.25) is 0 Å². The second-order valence-corrected chi connectivity index (χ2v) is 10.8. The van der Waals surface area contributed by atoms with Gasteiger partial charge in [0.1, 0.15) is 0 Å². The molecule has 0 fully saturated rings. The minimum atomic E-state index is -0.263. The van der Waals surface area contributed by atoms with Gasteiger partial charge in [0.15, 0.2) is 4.80 Å². The summed E-state index contributed by atoms with van der Waals surface area (Å²) in [5, 5.41) is 0.668. The number of aromatic nitrogens is 1. The number of halogens is 1. The fourth-order valence-corrected chi connectivity index (χ4v) is 6.76. The van der Waals surface area contributed by atoms with Gasteiger partial charge in [0.25, 0.3) is 5.56 Å². The number of benzene rings is 3. The van der Waals surface area contributed by atoms with Gasteiger partial charge in [0.05, 0.1) is 16.3 Å². The Bertz CT molecular complexity index is 1690. The Balaban J connectivity index is 1.54. The first kappa shape index (κ1) is 24.0. The Labute approximate surface area is 225 Å². The minimum absolute atomic E-state index is 0.0214. The van der Waals surface area contributed by atoms with Crippen LogP contribution in [0.15, 0.2) is 88.2 Å². The number of hydrogen-bond donors (Lipinski definition) is 0. The molecular formula is C31H28ClN3OS. The molecule has 4 aromatic rings. The van der Waals surface area contributed by atoms with Crippen LogP contribution in [-0.2, 0) is 6.42 Å². The summed E-state index contributed by atoms with van der Waals surface area (Å²) in [7, 11) is 0. The molecule has 2 aliphatic rings. The summed E-state index contributed by atoms with van der Waals surface area (Å²) in [5.74, 6) is 0. The highest BCUT2D eigenvalue weighted by Crippen LogP contribution is 2.42. The molecule has 1 atom stereocenters. The standard InChI is InChI=1S/C31H28ClN3OS/c1-3-34(4-2)22-16-13-20(14-17-22)19-27-30(36)35-29(24-11-7-8-12-26(24)32)25-18-15-21-9-5-6-10-23(21)28(25)33-31(35)37-27/h5-14,16-17,19,29H,3-4,15,18H2,1-2H3. The molecule has 4 nitrogen and oxygen atoms in total. The molecule has 6 heteroatoms. The third-order valence-electron chi connectivity index (χ3n) is 7.39. The smallest absolute Gasteiger partial charge is 0.271 e. The van der Waals surface area contributed by atoms with Crippen molar-refractivity contribution in [3.05, 3.63) is 125 Å². The summed E-state index contributed by atoms with van der Waals surface area (Å²) in [4.78, 5) is 22.0. The van der Waals surface area contributed by atoms with E-state index in [9.17, 15) is 4.79 Å². The van der Waals surface area contributed by atoms with Crippen LogP contribution >= 0.6 is 22.9 Å². The van der Waals surface area contributed by atoms with Crippen LogP contribution < -0.4 is 19.8 Å². The Hall–Kier alpha value is -3.41. The van der Waals surface area contributed by atoms with Gasteiger partial charge in [-0.3, -0.25) is 9.36 Å². The van der Waals surface area contributed by atoms with E-state index in [1.54, 1.807) is 0 Å². The highest BCUT2D eigenvalue weighted by atomic mass is 35.5. The number of thiazole rings is 1. The molecule has 186 valence electrons. The molecule has 2 heterocycles. The van der Waals surface area contributed by atoms with Crippen LogP contribution in [-0.4, -0.2) is 17.7 Å². The average molecular weight is 526 g/mol. The zero-order chi connectivity index (χ0) is 25.5. The Morgan fingerprint density at radius 2 is 1.73 bits per heavy atom. The first-order chi connectivity index (χ1) is 18.1. The number of hydrogen-bond acceptors (Lipinski definition) is 4. The van der Waals surface area contributed by atoms with Crippen molar-refractivity contribution in [2.24, 2.45) is 4.99 Å². The van der Waals surface area contributed by atoms with Gasteiger partial charge in [-0.25, -0.2) is 4.99 Å². The number of aryl methyl sites for hydroxylation is 1. The maximum Gasteiger partial charge on any atom is 0.271 e. The van der Waals surface area contributed by atoms with Crippen molar-refractivity contribution in [3.8, 4) is 0 Å². The van der Waals surface area contributed by atoms with Crippen LogP contribution in [0, 0.1) is 0 Å². The molecule has 3 aromatic carbocycles. The van der Waals surface area contributed by atoms with Gasteiger partial charge in [-0.15, -0.1) is 0 Å². The molecule has 1 unspecified atom stereocenters. The lowest BCUT2D eigenvalue weighted by Gasteiger charge is -2.31. The van der Waals surface area contributed by atoms with Gasteiger partial charge in [-0.05, 0) is 73.2 Å². The summed E-state index contributed by atoms with van der Waals surface area (Å²) in [5.41, 5.74) is 7.73. The largest absolute Gasteiger partial charge is 0.372 e. The van der Waals surface area contributed by atoms with Gasteiger partial charge in [-0.1, -0.05) is 77.5 Å². The molecule has 0 radical (unpaired) electrons. The SMILES string of the molecule is CCN(CC)c1ccc(C=c2sc3n(c2=O)C(c2ccccc2Cl)C2=C(N=3)c3ccccc3CC2)cc1. The van der Waals surface area contributed by atoms with Crippen molar-refractivity contribution in [2.45, 2.75) is 32.7 Å². The van der Waals surface area contributed by atoms with Crippen molar-refractivity contribution in [1.29, 1.82) is 0 Å². The van der Waals surface area contributed by atoms with Crippen molar-refractivity contribution in [3.63, 3.8) is 0 Å². The lowest BCUT2D eigenvalue weighted by atomic mass is 9.83. The zero-order valence-electron chi connectivity index (χ0n) is 20.9. The van der Waals surface area contributed by atoms with Crippen LogP contribution in [0.25, 0.3) is 11.8 Å². The van der Waals surface area contributed by atoms with E-state index in [2.05, 4.69) is 67.3 Å². The summed E-state index contributed by atoms with van der Waals surface area (Å²) in [6.45, 7) is 6.24. The van der Waals surface area contributed by atoms with Crippen molar-refractivity contribution >= 4 is 40.4 Å². The van der Waals surface area contributed by atoms with Crippen LogP contribution in [0.2, 0.25) is 5.02 Å². The number of allylic oxidation sites excluding steroid dienone is 1. The fourth-order valence-electron chi connectivity index (χ4n) is 5.52. The first-order valence-corrected chi connectivity index (χ1v) is 14.0. The van der Waals surface area contributed by atoms with Crippen molar-refractivity contribution < 1.29 is 0 Å². The van der Waals surface area contributed by atoms with Crippen LogP contribution in [0.5, 0.6) is 0 Å². The normalized spacial score (nSPS) is 16.6. The molecule has 0 amide bonds. The Kier molecular flexibility index (Phi) is 6.35. The van der Waals surface area contributed by atoms with Gasteiger partial charge >= 0.3 is 0 Å². The number of nitrogens with zero attached hydrogens (tertiary/aromatic N) is 3. The van der Waals surface area contributed by atoms with Crippen LogP contribution in [0.3, 0.4) is 0 Å². The molecule has 0 saturated carbocycles. The van der Waals surface area contributed by atoms with Crippen molar-refractivity contribution in [1.82, 2.24) is 4.57 Å². The summed E-state index contributed by atoms with van der Waals surface area (Å²) >= 11 is 8.18. The fraction of sp³-hybridized carbons (Fsp3) is 0.226. The van der Waals surface area contributed by atoms with Gasteiger partial charge in [0, 0.05) is 29.4 Å². The number of rotatable bonds is 5. The van der Waals surface area contributed by atoms with Gasteiger partial charge in [-0.2, -0.15) is 0 Å². The van der Waals surface area contributed by atoms with E-state index >= 15 is 0 Å².